The topological polar surface area (TPSA) is 61.7 Å². The smallest absolute Gasteiger partial charge is 0.276 e. The number of rotatable bonds is 1. The summed E-state index contributed by atoms with van der Waals surface area (Å²) in [4.78, 5) is 15.1. The molecular formula is C9H12N2O2. The van der Waals surface area contributed by atoms with E-state index in [0.29, 0.717) is 5.57 Å². The Morgan fingerprint density at radius 2 is 2.46 bits per heavy atom. The van der Waals surface area contributed by atoms with Crippen LogP contribution in [0.5, 0.6) is 0 Å². The standard InChI is InChI=1S/C9H12N2O2/c1-7-4-2-3-5-8(6-10-7)9(12)11-13/h3,5-6,13H,2,4H2,1H3,(H,11,12)/b5-3-,8-6+,10-7?. The first-order chi connectivity index (χ1) is 6.24. The molecule has 1 heterocycles. The third kappa shape index (κ3) is 2.83. The molecule has 1 aliphatic heterocycles. The number of hydroxylamine groups is 1. The normalized spacial score (nSPS) is 23.2. The van der Waals surface area contributed by atoms with E-state index in [2.05, 4.69) is 4.99 Å². The summed E-state index contributed by atoms with van der Waals surface area (Å²) < 4.78 is 0. The van der Waals surface area contributed by atoms with Crippen molar-refractivity contribution in [1.82, 2.24) is 5.48 Å². The van der Waals surface area contributed by atoms with Crippen LogP contribution in [-0.4, -0.2) is 16.8 Å². The van der Waals surface area contributed by atoms with Crippen LogP contribution in [0.3, 0.4) is 0 Å². The van der Waals surface area contributed by atoms with Crippen molar-refractivity contribution < 1.29 is 10.0 Å². The average Bonchev–Trinajstić information content (AvgIpc) is 2.11. The first kappa shape index (κ1) is 9.67. The van der Waals surface area contributed by atoms with Crippen molar-refractivity contribution in [2.75, 3.05) is 0 Å². The first-order valence-electron chi connectivity index (χ1n) is 4.08. The molecule has 0 aromatic heterocycles. The Morgan fingerprint density at radius 3 is 3.15 bits per heavy atom. The van der Waals surface area contributed by atoms with Crippen molar-refractivity contribution in [3.63, 3.8) is 0 Å². The summed E-state index contributed by atoms with van der Waals surface area (Å²) >= 11 is 0. The Hall–Kier alpha value is -1.42. The van der Waals surface area contributed by atoms with Crippen molar-refractivity contribution >= 4 is 11.6 Å². The van der Waals surface area contributed by atoms with Gasteiger partial charge in [-0.15, -0.1) is 0 Å². The van der Waals surface area contributed by atoms with Gasteiger partial charge in [0.2, 0.25) is 0 Å². The lowest BCUT2D eigenvalue weighted by atomic mass is 10.1. The molecule has 70 valence electrons. The van der Waals surface area contributed by atoms with Gasteiger partial charge in [0.15, 0.2) is 0 Å². The molecule has 0 aliphatic carbocycles. The van der Waals surface area contributed by atoms with Crippen LogP contribution in [-0.2, 0) is 4.79 Å². The molecule has 1 amide bonds. The Morgan fingerprint density at radius 1 is 1.69 bits per heavy atom. The van der Waals surface area contributed by atoms with Gasteiger partial charge in [-0.25, -0.2) is 5.48 Å². The van der Waals surface area contributed by atoms with Crippen molar-refractivity contribution in [3.8, 4) is 0 Å². The van der Waals surface area contributed by atoms with Gasteiger partial charge in [-0.3, -0.25) is 15.0 Å². The third-order valence-electron chi connectivity index (χ3n) is 1.76. The molecule has 4 nitrogen and oxygen atoms in total. The molecule has 1 rings (SSSR count). The zero-order valence-corrected chi connectivity index (χ0v) is 7.45. The minimum atomic E-state index is -0.533. The summed E-state index contributed by atoms with van der Waals surface area (Å²) in [7, 11) is 0. The molecule has 0 saturated carbocycles. The Labute approximate surface area is 76.6 Å². The summed E-state index contributed by atoms with van der Waals surface area (Å²) in [5, 5.41) is 8.39. The second kappa shape index (κ2) is 4.57. The summed E-state index contributed by atoms with van der Waals surface area (Å²) in [6.07, 6.45) is 6.77. The maximum atomic E-state index is 11.0. The quantitative estimate of drug-likeness (QED) is 0.470. The highest BCUT2D eigenvalue weighted by atomic mass is 16.5. The number of nitrogens with one attached hydrogen (secondary N) is 1. The Bertz CT molecular complexity index is 290. The number of carbonyl (C=O) groups excluding carboxylic acids is 1. The lowest BCUT2D eigenvalue weighted by Crippen LogP contribution is -2.20. The summed E-state index contributed by atoms with van der Waals surface area (Å²) in [6.45, 7) is 1.91. The first-order valence-corrected chi connectivity index (χ1v) is 4.08. The van der Waals surface area contributed by atoms with E-state index in [0.717, 1.165) is 18.6 Å². The second-order valence-electron chi connectivity index (χ2n) is 2.83. The monoisotopic (exact) mass is 180 g/mol. The van der Waals surface area contributed by atoms with Gasteiger partial charge in [0, 0.05) is 11.9 Å². The van der Waals surface area contributed by atoms with E-state index in [-0.39, 0.29) is 0 Å². The van der Waals surface area contributed by atoms with Gasteiger partial charge >= 0.3 is 0 Å². The van der Waals surface area contributed by atoms with Crippen molar-refractivity contribution in [3.05, 3.63) is 23.9 Å². The largest absolute Gasteiger partial charge is 0.288 e. The van der Waals surface area contributed by atoms with E-state index < -0.39 is 5.91 Å². The third-order valence-corrected chi connectivity index (χ3v) is 1.76. The van der Waals surface area contributed by atoms with Gasteiger partial charge < -0.3 is 0 Å². The van der Waals surface area contributed by atoms with E-state index in [1.807, 2.05) is 13.0 Å². The molecule has 0 atom stereocenters. The summed E-state index contributed by atoms with van der Waals surface area (Å²) in [5.41, 5.74) is 2.91. The maximum Gasteiger partial charge on any atom is 0.276 e. The van der Waals surface area contributed by atoms with Crippen LogP contribution in [0.4, 0.5) is 0 Å². The van der Waals surface area contributed by atoms with E-state index >= 15 is 0 Å². The lowest BCUT2D eigenvalue weighted by Gasteiger charge is -2.02. The summed E-state index contributed by atoms with van der Waals surface area (Å²) in [6, 6.07) is 0. The van der Waals surface area contributed by atoms with Crippen LogP contribution in [0, 0.1) is 0 Å². The predicted molar refractivity (Wildman–Crippen MR) is 49.5 cm³/mol. The fourth-order valence-corrected chi connectivity index (χ4v) is 0.989. The van der Waals surface area contributed by atoms with E-state index in [4.69, 9.17) is 5.21 Å². The van der Waals surface area contributed by atoms with Crippen LogP contribution in [0.25, 0.3) is 0 Å². The minimum absolute atomic E-state index is 0.363. The fraction of sp³-hybridized carbons (Fsp3) is 0.333. The molecule has 0 unspecified atom stereocenters. The average molecular weight is 180 g/mol. The van der Waals surface area contributed by atoms with E-state index in [1.54, 1.807) is 11.6 Å². The van der Waals surface area contributed by atoms with Gasteiger partial charge in [-0.05, 0) is 19.8 Å². The van der Waals surface area contributed by atoms with Crippen LogP contribution in [0.1, 0.15) is 19.8 Å². The van der Waals surface area contributed by atoms with Gasteiger partial charge in [-0.2, -0.15) is 0 Å². The van der Waals surface area contributed by atoms with Crippen molar-refractivity contribution in [2.24, 2.45) is 4.99 Å². The number of aliphatic imine (C=N–C) groups is 1. The molecule has 0 saturated heterocycles. The molecule has 4 heteroatoms. The second-order valence-corrected chi connectivity index (χ2v) is 2.83. The molecule has 13 heavy (non-hydrogen) atoms. The highest BCUT2D eigenvalue weighted by Gasteiger charge is 2.05. The van der Waals surface area contributed by atoms with E-state index in [9.17, 15) is 4.79 Å². The number of carbonyl (C=O) groups is 1. The number of hydrogen-bond acceptors (Lipinski definition) is 3. The molecular weight excluding hydrogens is 168 g/mol. The SMILES string of the molecule is CC1=N/C=C(C(=O)NO)\C=C/CC1. The van der Waals surface area contributed by atoms with Gasteiger partial charge in [0.05, 0.1) is 5.57 Å². The Kier molecular flexibility index (Phi) is 3.40. The van der Waals surface area contributed by atoms with Crippen molar-refractivity contribution in [2.45, 2.75) is 19.8 Å². The van der Waals surface area contributed by atoms with Crippen LogP contribution in [0.2, 0.25) is 0 Å². The van der Waals surface area contributed by atoms with Crippen LogP contribution >= 0.6 is 0 Å². The number of amides is 1. The Balaban J connectivity index is 2.86. The highest BCUT2D eigenvalue weighted by molar-refractivity contribution is 5.96. The number of nitrogens with zero attached hydrogens (tertiary/aromatic N) is 1. The zero-order valence-electron chi connectivity index (χ0n) is 7.45. The van der Waals surface area contributed by atoms with E-state index in [1.165, 1.54) is 6.20 Å². The van der Waals surface area contributed by atoms with Gasteiger partial charge in [-0.1, -0.05) is 12.2 Å². The molecule has 0 aromatic carbocycles. The molecule has 1 aliphatic rings. The molecule has 0 fully saturated rings. The lowest BCUT2D eigenvalue weighted by molar-refractivity contribution is -0.124. The maximum absolute atomic E-state index is 11.0. The van der Waals surface area contributed by atoms with Gasteiger partial charge in [0.1, 0.15) is 0 Å². The van der Waals surface area contributed by atoms with Crippen LogP contribution in [0.15, 0.2) is 28.9 Å². The number of allylic oxidation sites excluding steroid dienone is 1. The van der Waals surface area contributed by atoms with Crippen molar-refractivity contribution in [1.29, 1.82) is 0 Å². The predicted octanol–water partition coefficient (Wildman–Crippen LogP) is 1.19. The minimum Gasteiger partial charge on any atom is -0.288 e. The zero-order chi connectivity index (χ0) is 9.68. The highest BCUT2D eigenvalue weighted by Crippen LogP contribution is 2.05. The van der Waals surface area contributed by atoms with Crippen LogP contribution < -0.4 is 5.48 Å². The summed E-state index contributed by atoms with van der Waals surface area (Å²) in [5.74, 6) is -0.533. The molecule has 0 spiro atoms. The molecule has 2 N–H and O–H groups in total. The number of hydrogen-bond donors (Lipinski definition) is 2. The molecule has 0 radical (unpaired) electrons. The fourth-order valence-electron chi connectivity index (χ4n) is 0.989. The van der Waals surface area contributed by atoms with Gasteiger partial charge in [0.25, 0.3) is 5.91 Å². The molecule has 0 aromatic rings. The molecule has 0 bridgehead atoms.